The van der Waals surface area contributed by atoms with Gasteiger partial charge in [0.15, 0.2) is 0 Å². The Balaban J connectivity index is 1.66. The standard InChI is InChI=1S/C26H20Cl4N2/c27-20-11-5-12-21(28)19(20)15-16-7-4-10-18-25(16)31-32(17-8-2-1-3-9-17)26(18)24-22(29)13-6-14-23(24)30/h1-3,5-6,8-9,11-15,18,26H,4,7,10H2/b16-15+/t18-,26+/m0/s1. The molecule has 1 aliphatic heterocycles. The maximum absolute atomic E-state index is 6.69. The molecule has 2 nitrogen and oxygen atoms in total. The summed E-state index contributed by atoms with van der Waals surface area (Å²) in [6.45, 7) is 0. The van der Waals surface area contributed by atoms with Crippen molar-refractivity contribution in [3.8, 4) is 0 Å². The molecule has 32 heavy (non-hydrogen) atoms. The van der Waals surface area contributed by atoms with Crippen LogP contribution >= 0.6 is 46.4 Å². The van der Waals surface area contributed by atoms with Crippen LogP contribution in [0.2, 0.25) is 20.1 Å². The Bertz CT molecular complexity index is 1180. The van der Waals surface area contributed by atoms with E-state index in [0.29, 0.717) is 20.1 Å². The van der Waals surface area contributed by atoms with E-state index in [2.05, 4.69) is 23.2 Å². The van der Waals surface area contributed by atoms with Crippen molar-refractivity contribution in [3.63, 3.8) is 0 Å². The summed E-state index contributed by atoms with van der Waals surface area (Å²) in [5.74, 6) is 0.161. The van der Waals surface area contributed by atoms with Crippen molar-refractivity contribution < 1.29 is 0 Å². The van der Waals surface area contributed by atoms with Gasteiger partial charge in [0.25, 0.3) is 0 Å². The van der Waals surface area contributed by atoms with Gasteiger partial charge in [-0.05, 0) is 67.3 Å². The summed E-state index contributed by atoms with van der Waals surface area (Å²) in [6, 6.07) is 21.3. The molecule has 162 valence electrons. The van der Waals surface area contributed by atoms with Crippen molar-refractivity contribution >= 4 is 63.9 Å². The maximum atomic E-state index is 6.69. The van der Waals surface area contributed by atoms with E-state index in [1.807, 2.05) is 54.6 Å². The fourth-order valence-electron chi connectivity index (χ4n) is 4.69. The van der Waals surface area contributed by atoms with Crippen LogP contribution in [0.1, 0.15) is 36.4 Å². The van der Waals surface area contributed by atoms with E-state index in [0.717, 1.165) is 47.4 Å². The van der Waals surface area contributed by atoms with Gasteiger partial charge in [0.2, 0.25) is 0 Å². The fraction of sp³-hybridized carbons (Fsp3) is 0.192. The second-order valence-electron chi connectivity index (χ2n) is 8.05. The molecular formula is C26H20Cl4N2. The number of hydrogen-bond donors (Lipinski definition) is 0. The number of para-hydroxylation sites is 1. The topological polar surface area (TPSA) is 15.6 Å². The van der Waals surface area contributed by atoms with Gasteiger partial charge < -0.3 is 0 Å². The first-order chi connectivity index (χ1) is 15.5. The van der Waals surface area contributed by atoms with Gasteiger partial charge >= 0.3 is 0 Å². The third kappa shape index (κ3) is 3.95. The van der Waals surface area contributed by atoms with Crippen LogP contribution in [-0.4, -0.2) is 5.71 Å². The lowest BCUT2D eigenvalue weighted by Gasteiger charge is -2.31. The molecule has 6 heteroatoms. The molecule has 0 unspecified atom stereocenters. The summed E-state index contributed by atoms with van der Waals surface area (Å²) < 4.78 is 0. The van der Waals surface area contributed by atoms with Gasteiger partial charge in [0.1, 0.15) is 0 Å². The number of allylic oxidation sites excluding steroid dienone is 1. The van der Waals surface area contributed by atoms with Gasteiger partial charge in [-0.1, -0.05) is 76.7 Å². The highest BCUT2D eigenvalue weighted by molar-refractivity contribution is 6.37. The van der Waals surface area contributed by atoms with Crippen molar-refractivity contribution in [2.24, 2.45) is 11.0 Å². The number of nitrogens with zero attached hydrogens (tertiary/aromatic N) is 2. The molecule has 3 aromatic rings. The van der Waals surface area contributed by atoms with Gasteiger partial charge in [0, 0.05) is 37.1 Å². The summed E-state index contributed by atoms with van der Waals surface area (Å²) in [7, 11) is 0. The van der Waals surface area contributed by atoms with Crippen LogP contribution < -0.4 is 5.01 Å². The van der Waals surface area contributed by atoms with Gasteiger partial charge in [0.05, 0.1) is 17.4 Å². The van der Waals surface area contributed by atoms with E-state index in [-0.39, 0.29) is 12.0 Å². The number of benzene rings is 3. The summed E-state index contributed by atoms with van der Waals surface area (Å²) in [5, 5.41) is 9.79. The average molecular weight is 502 g/mol. The number of anilines is 1. The smallest absolute Gasteiger partial charge is 0.0888 e. The Hall–Kier alpha value is -1.97. The normalized spacial score (nSPS) is 21.6. The van der Waals surface area contributed by atoms with Gasteiger partial charge in [-0.3, -0.25) is 5.01 Å². The number of fused-ring (bicyclic) bond motifs is 1. The molecule has 0 spiro atoms. The molecular weight excluding hydrogens is 482 g/mol. The van der Waals surface area contributed by atoms with E-state index in [4.69, 9.17) is 51.5 Å². The van der Waals surface area contributed by atoms with Crippen molar-refractivity contribution in [1.29, 1.82) is 0 Å². The van der Waals surface area contributed by atoms with Crippen molar-refractivity contribution in [1.82, 2.24) is 0 Å². The number of rotatable bonds is 3. The molecule has 5 rings (SSSR count). The highest BCUT2D eigenvalue weighted by Crippen LogP contribution is 2.49. The quantitative estimate of drug-likeness (QED) is 0.349. The lowest BCUT2D eigenvalue weighted by Crippen LogP contribution is -2.28. The van der Waals surface area contributed by atoms with Gasteiger partial charge in [-0.2, -0.15) is 5.10 Å². The van der Waals surface area contributed by atoms with Crippen LogP contribution in [0.15, 0.2) is 77.4 Å². The zero-order valence-corrected chi connectivity index (χ0v) is 20.1. The predicted molar refractivity (Wildman–Crippen MR) is 137 cm³/mol. The maximum Gasteiger partial charge on any atom is 0.0888 e. The van der Waals surface area contributed by atoms with E-state index >= 15 is 0 Å². The largest absolute Gasteiger partial charge is 0.257 e. The lowest BCUT2D eigenvalue weighted by molar-refractivity contribution is 0.488. The van der Waals surface area contributed by atoms with Crippen LogP contribution in [0.4, 0.5) is 5.69 Å². The summed E-state index contributed by atoms with van der Waals surface area (Å²) >= 11 is 26.3. The van der Waals surface area contributed by atoms with Crippen LogP contribution in [0, 0.1) is 5.92 Å². The van der Waals surface area contributed by atoms with Crippen LogP contribution in [-0.2, 0) is 0 Å². The van der Waals surface area contributed by atoms with Crippen LogP contribution in [0.5, 0.6) is 0 Å². The Morgan fingerprint density at radius 1 is 0.781 bits per heavy atom. The minimum Gasteiger partial charge on any atom is -0.257 e. The molecule has 3 aromatic carbocycles. The monoisotopic (exact) mass is 500 g/mol. The van der Waals surface area contributed by atoms with Gasteiger partial charge in [-0.25, -0.2) is 0 Å². The minimum absolute atomic E-state index is 0.0842. The summed E-state index contributed by atoms with van der Waals surface area (Å²) in [6.07, 6.45) is 5.05. The van der Waals surface area contributed by atoms with E-state index in [1.54, 1.807) is 0 Å². The minimum atomic E-state index is -0.0842. The average Bonchev–Trinajstić information content (AvgIpc) is 3.17. The number of hydrogen-bond acceptors (Lipinski definition) is 2. The first-order valence-corrected chi connectivity index (χ1v) is 12.1. The van der Waals surface area contributed by atoms with Crippen molar-refractivity contribution in [2.75, 3.05) is 5.01 Å². The third-order valence-corrected chi connectivity index (χ3v) is 7.45. The molecule has 1 saturated carbocycles. The Morgan fingerprint density at radius 3 is 2.06 bits per heavy atom. The molecule has 0 aromatic heterocycles. The summed E-state index contributed by atoms with van der Waals surface area (Å²) in [4.78, 5) is 0. The molecule has 2 aliphatic rings. The van der Waals surface area contributed by atoms with Crippen LogP contribution in [0.3, 0.4) is 0 Å². The zero-order valence-electron chi connectivity index (χ0n) is 17.1. The molecule has 0 saturated heterocycles. The molecule has 0 bridgehead atoms. The molecule has 0 amide bonds. The number of hydrazone groups is 1. The SMILES string of the molecule is Clc1cccc(Cl)c1/C=C1\CCC[C@H]2C1=NN(c1ccccc1)[C@H]2c1c(Cl)cccc1Cl. The fourth-order valence-corrected chi connectivity index (χ4v) is 5.82. The molecule has 0 N–H and O–H groups in total. The molecule has 2 atom stereocenters. The molecule has 1 aliphatic carbocycles. The highest BCUT2D eigenvalue weighted by Gasteiger charge is 2.43. The second kappa shape index (κ2) is 9.11. The van der Waals surface area contributed by atoms with Crippen molar-refractivity contribution in [3.05, 3.63) is 104 Å². The second-order valence-corrected chi connectivity index (χ2v) is 9.68. The van der Waals surface area contributed by atoms with Crippen molar-refractivity contribution in [2.45, 2.75) is 25.3 Å². The molecule has 0 radical (unpaired) electrons. The zero-order chi connectivity index (χ0) is 22.2. The molecule has 1 fully saturated rings. The number of halogens is 4. The van der Waals surface area contributed by atoms with E-state index < -0.39 is 0 Å². The first kappa shape index (κ1) is 21.9. The van der Waals surface area contributed by atoms with Gasteiger partial charge in [-0.15, -0.1) is 0 Å². The Labute approximate surface area is 208 Å². The third-order valence-electron chi connectivity index (χ3n) is 6.14. The Kier molecular flexibility index (Phi) is 6.22. The van der Waals surface area contributed by atoms with E-state index in [1.165, 1.54) is 0 Å². The highest BCUT2D eigenvalue weighted by atomic mass is 35.5. The lowest BCUT2D eigenvalue weighted by atomic mass is 9.77. The molecule has 1 heterocycles. The predicted octanol–water partition coefficient (Wildman–Crippen LogP) is 9.10. The van der Waals surface area contributed by atoms with E-state index in [9.17, 15) is 0 Å². The first-order valence-electron chi connectivity index (χ1n) is 10.6. The Morgan fingerprint density at radius 2 is 1.41 bits per heavy atom. The van der Waals surface area contributed by atoms with Crippen LogP contribution in [0.25, 0.3) is 6.08 Å². The summed E-state index contributed by atoms with van der Waals surface area (Å²) in [5.41, 5.74) is 4.96.